The molecule has 0 bridgehead atoms. The van der Waals surface area contributed by atoms with Gasteiger partial charge in [-0.1, -0.05) is 34.1 Å². The van der Waals surface area contributed by atoms with Crippen molar-refractivity contribution in [1.29, 1.82) is 0 Å². The topological polar surface area (TPSA) is 45.5 Å². The highest BCUT2D eigenvalue weighted by Crippen LogP contribution is 2.19. The van der Waals surface area contributed by atoms with Gasteiger partial charge in [-0.15, -0.1) is 11.3 Å². The SMILES string of the molecule is CC(NC(=O)N(Cc1ccco1)Cc1cccs1)c1ccc(Br)cc1. The van der Waals surface area contributed by atoms with Crippen LogP contribution < -0.4 is 5.32 Å². The standard InChI is InChI=1S/C19H19BrN2O2S/c1-14(15-6-8-16(20)9-7-15)21-19(23)22(12-17-4-2-10-24-17)13-18-5-3-11-25-18/h2-11,14H,12-13H2,1H3,(H,21,23). The Morgan fingerprint density at radius 2 is 2.00 bits per heavy atom. The van der Waals surface area contributed by atoms with Crippen molar-refractivity contribution >= 4 is 33.3 Å². The number of hydrogen-bond donors (Lipinski definition) is 1. The fourth-order valence-corrected chi connectivity index (χ4v) is 3.48. The van der Waals surface area contributed by atoms with Crippen molar-refractivity contribution in [3.63, 3.8) is 0 Å². The lowest BCUT2D eigenvalue weighted by Gasteiger charge is -2.24. The summed E-state index contributed by atoms with van der Waals surface area (Å²) >= 11 is 5.07. The van der Waals surface area contributed by atoms with Gasteiger partial charge >= 0.3 is 6.03 Å². The quantitative estimate of drug-likeness (QED) is 0.567. The van der Waals surface area contributed by atoms with Crippen LogP contribution in [-0.4, -0.2) is 10.9 Å². The number of amides is 2. The Balaban J connectivity index is 1.70. The zero-order valence-electron chi connectivity index (χ0n) is 13.8. The number of benzene rings is 1. The first-order valence-corrected chi connectivity index (χ1v) is 9.65. The average molecular weight is 419 g/mol. The molecule has 0 aliphatic rings. The molecule has 130 valence electrons. The number of nitrogens with zero attached hydrogens (tertiary/aromatic N) is 1. The fourth-order valence-electron chi connectivity index (χ4n) is 2.49. The molecule has 1 atom stereocenters. The van der Waals surface area contributed by atoms with Gasteiger partial charge in [-0.2, -0.15) is 0 Å². The van der Waals surface area contributed by atoms with Crippen LogP contribution in [0.5, 0.6) is 0 Å². The third-order valence-electron chi connectivity index (χ3n) is 3.85. The second-order valence-electron chi connectivity index (χ2n) is 5.74. The Hall–Kier alpha value is -2.05. The van der Waals surface area contributed by atoms with E-state index in [1.165, 1.54) is 0 Å². The third-order valence-corrected chi connectivity index (χ3v) is 5.24. The molecule has 0 saturated heterocycles. The molecule has 2 heterocycles. The van der Waals surface area contributed by atoms with Gasteiger partial charge in [0.25, 0.3) is 0 Å². The molecular formula is C19H19BrN2O2S. The van der Waals surface area contributed by atoms with Gasteiger partial charge in [0.05, 0.1) is 25.4 Å². The maximum atomic E-state index is 12.8. The molecule has 25 heavy (non-hydrogen) atoms. The highest BCUT2D eigenvalue weighted by molar-refractivity contribution is 9.10. The summed E-state index contributed by atoms with van der Waals surface area (Å²) in [6.07, 6.45) is 1.63. The Morgan fingerprint density at radius 3 is 2.64 bits per heavy atom. The van der Waals surface area contributed by atoms with E-state index in [2.05, 4.69) is 21.2 Å². The first-order chi connectivity index (χ1) is 12.1. The lowest BCUT2D eigenvalue weighted by molar-refractivity contribution is 0.184. The number of thiophene rings is 1. The minimum absolute atomic E-state index is 0.0805. The van der Waals surface area contributed by atoms with Crippen LogP contribution in [0.3, 0.4) is 0 Å². The number of urea groups is 1. The van der Waals surface area contributed by atoms with Gasteiger partial charge in [-0.25, -0.2) is 4.79 Å². The second kappa shape index (κ2) is 8.36. The van der Waals surface area contributed by atoms with Gasteiger partial charge in [0.15, 0.2) is 0 Å². The summed E-state index contributed by atoms with van der Waals surface area (Å²) in [7, 11) is 0. The Morgan fingerprint density at radius 1 is 1.20 bits per heavy atom. The minimum atomic E-state index is -0.111. The molecule has 3 rings (SSSR count). The molecule has 6 heteroatoms. The predicted molar refractivity (Wildman–Crippen MR) is 103 cm³/mol. The Labute approximate surface area is 159 Å². The molecule has 1 unspecified atom stereocenters. The third kappa shape index (κ3) is 4.96. The van der Waals surface area contributed by atoms with Crippen LogP contribution in [0.15, 0.2) is 69.1 Å². The molecule has 4 nitrogen and oxygen atoms in total. The molecule has 2 aromatic heterocycles. The summed E-state index contributed by atoms with van der Waals surface area (Å²) in [6, 6.07) is 15.5. The van der Waals surface area contributed by atoms with Gasteiger partial charge in [-0.3, -0.25) is 0 Å². The number of carbonyl (C=O) groups is 1. The maximum Gasteiger partial charge on any atom is 0.318 e. The lowest BCUT2D eigenvalue weighted by atomic mass is 10.1. The molecule has 3 aromatic rings. The van der Waals surface area contributed by atoms with E-state index < -0.39 is 0 Å². The first kappa shape index (κ1) is 17.8. The summed E-state index contributed by atoms with van der Waals surface area (Å²) in [6.45, 7) is 2.97. The van der Waals surface area contributed by atoms with E-state index in [9.17, 15) is 4.79 Å². The molecule has 0 saturated carbocycles. The normalized spacial score (nSPS) is 11.9. The maximum absolute atomic E-state index is 12.8. The number of carbonyl (C=O) groups excluding carboxylic acids is 1. The zero-order valence-corrected chi connectivity index (χ0v) is 16.2. The fraction of sp³-hybridized carbons (Fsp3) is 0.211. The van der Waals surface area contributed by atoms with E-state index >= 15 is 0 Å². The summed E-state index contributed by atoms with van der Waals surface area (Å²) < 4.78 is 6.43. The molecule has 1 aromatic carbocycles. The predicted octanol–water partition coefficient (Wildman–Crippen LogP) is 5.58. The van der Waals surface area contributed by atoms with Crippen molar-refractivity contribution in [2.75, 3.05) is 0 Å². The second-order valence-corrected chi connectivity index (χ2v) is 7.69. The number of halogens is 1. The molecular weight excluding hydrogens is 400 g/mol. The number of hydrogen-bond acceptors (Lipinski definition) is 3. The van der Waals surface area contributed by atoms with E-state index in [0.29, 0.717) is 13.1 Å². The van der Waals surface area contributed by atoms with Crippen LogP contribution in [0, 0.1) is 0 Å². The Bertz CT molecular complexity index is 749. The smallest absolute Gasteiger partial charge is 0.318 e. The van der Waals surface area contributed by atoms with Crippen molar-refractivity contribution in [2.45, 2.75) is 26.1 Å². The van der Waals surface area contributed by atoms with Crippen LogP contribution in [0.25, 0.3) is 0 Å². The van der Waals surface area contributed by atoms with Gasteiger partial charge in [-0.05, 0) is 48.2 Å². The Kier molecular flexibility index (Phi) is 5.94. The number of nitrogens with one attached hydrogen (secondary N) is 1. The largest absolute Gasteiger partial charge is 0.467 e. The van der Waals surface area contributed by atoms with Gasteiger partial charge in [0.1, 0.15) is 5.76 Å². The van der Waals surface area contributed by atoms with Crippen LogP contribution in [0.4, 0.5) is 4.79 Å². The van der Waals surface area contributed by atoms with Gasteiger partial charge < -0.3 is 14.6 Å². The highest BCUT2D eigenvalue weighted by Gasteiger charge is 2.19. The molecule has 0 aliphatic carbocycles. The molecule has 0 fully saturated rings. The molecule has 0 spiro atoms. The van der Waals surface area contributed by atoms with Crippen LogP contribution in [0.2, 0.25) is 0 Å². The minimum Gasteiger partial charge on any atom is -0.467 e. The van der Waals surface area contributed by atoms with E-state index in [0.717, 1.165) is 20.7 Å². The van der Waals surface area contributed by atoms with Crippen LogP contribution in [0.1, 0.15) is 29.2 Å². The summed E-state index contributed by atoms with van der Waals surface area (Å²) in [5, 5.41) is 5.09. The summed E-state index contributed by atoms with van der Waals surface area (Å²) in [5.41, 5.74) is 1.06. The van der Waals surface area contributed by atoms with E-state index in [-0.39, 0.29) is 12.1 Å². The molecule has 0 aliphatic heterocycles. The highest BCUT2D eigenvalue weighted by atomic mass is 79.9. The molecule has 0 radical (unpaired) electrons. The van der Waals surface area contributed by atoms with E-state index in [4.69, 9.17) is 4.42 Å². The van der Waals surface area contributed by atoms with Gasteiger partial charge in [0.2, 0.25) is 0 Å². The van der Waals surface area contributed by atoms with Crippen molar-refractivity contribution in [1.82, 2.24) is 10.2 Å². The van der Waals surface area contributed by atoms with Crippen LogP contribution in [-0.2, 0) is 13.1 Å². The number of rotatable bonds is 6. The van der Waals surface area contributed by atoms with Crippen molar-refractivity contribution in [3.05, 3.63) is 80.8 Å². The summed E-state index contributed by atoms with van der Waals surface area (Å²) in [5.74, 6) is 0.767. The number of furan rings is 1. The van der Waals surface area contributed by atoms with Crippen LogP contribution >= 0.6 is 27.3 Å². The first-order valence-electron chi connectivity index (χ1n) is 7.97. The van der Waals surface area contributed by atoms with Crippen molar-refractivity contribution < 1.29 is 9.21 Å². The van der Waals surface area contributed by atoms with E-state index in [1.807, 2.05) is 60.8 Å². The van der Waals surface area contributed by atoms with Crippen molar-refractivity contribution in [3.8, 4) is 0 Å². The monoisotopic (exact) mass is 418 g/mol. The average Bonchev–Trinajstić information content (AvgIpc) is 3.28. The van der Waals surface area contributed by atoms with E-state index in [1.54, 1.807) is 22.5 Å². The van der Waals surface area contributed by atoms with Gasteiger partial charge in [0, 0.05) is 9.35 Å². The zero-order chi connectivity index (χ0) is 17.6. The lowest BCUT2D eigenvalue weighted by Crippen LogP contribution is -2.40. The molecule has 1 N–H and O–H groups in total. The summed E-state index contributed by atoms with van der Waals surface area (Å²) in [4.78, 5) is 15.7. The van der Waals surface area contributed by atoms with Crippen molar-refractivity contribution in [2.24, 2.45) is 0 Å². The molecule has 2 amide bonds.